The molecule has 0 atom stereocenters. The van der Waals surface area contributed by atoms with Crippen molar-refractivity contribution in [2.45, 2.75) is 17.8 Å². The van der Waals surface area contributed by atoms with Gasteiger partial charge in [0.1, 0.15) is 11.5 Å². The van der Waals surface area contributed by atoms with Crippen LogP contribution in [-0.2, 0) is 5.75 Å². The van der Waals surface area contributed by atoms with E-state index in [0.717, 1.165) is 28.3 Å². The predicted molar refractivity (Wildman–Crippen MR) is 121 cm³/mol. The number of aryl methyl sites for hydroxylation is 1. The normalized spacial score (nSPS) is 10.9. The van der Waals surface area contributed by atoms with Crippen LogP contribution >= 0.6 is 11.8 Å². The summed E-state index contributed by atoms with van der Waals surface area (Å²) >= 11 is 1.53. The second-order valence-electron chi connectivity index (χ2n) is 6.89. The van der Waals surface area contributed by atoms with Crippen LogP contribution in [0.4, 0.5) is 0 Å². The van der Waals surface area contributed by atoms with Gasteiger partial charge in [-0.25, -0.2) is 4.98 Å². The Bertz CT molecular complexity index is 1230. The summed E-state index contributed by atoms with van der Waals surface area (Å²) in [7, 11) is 3.27. The molecule has 0 aliphatic heterocycles. The van der Waals surface area contributed by atoms with Gasteiger partial charge in [-0.2, -0.15) is 0 Å². The molecule has 0 aliphatic carbocycles. The third kappa shape index (κ3) is 4.04. The number of fused-ring (bicyclic) bond motifs is 1. The van der Waals surface area contributed by atoms with Crippen molar-refractivity contribution in [3.05, 3.63) is 88.2 Å². The molecule has 4 aromatic rings. The number of thioether (sulfide) groups is 1. The summed E-state index contributed by atoms with van der Waals surface area (Å²) in [6.45, 7) is 1.98. The van der Waals surface area contributed by atoms with Gasteiger partial charge in [0, 0.05) is 5.75 Å². The van der Waals surface area contributed by atoms with Crippen molar-refractivity contribution < 1.29 is 9.47 Å². The van der Waals surface area contributed by atoms with Crippen molar-refractivity contribution in [3.63, 3.8) is 0 Å². The summed E-state index contributed by atoms with van der Waals surface area (Å²) in [6.07, 6.45) is 0. The molecule has 0 radical (unpaired) electrons. The van der Waals surface area contributed by atoms with E-state index in [1.165, 1.54) is 11.8 Å². The Morgan fingerprint density at radius 1 is 0.900 bits per heavy atom. The fraction of sp³-hybridized carbons (Fsp3) is 0.167. The highest BCUT2D eigenvalue weighted by Crippen LogP contribution is 2.26. The highest BCUT2D eigenvalue weighted by atomic mass is 32.2. The SMILES string of the molecule is COc1ccc(CSc2nc3ccc(C)cc3c(=O)n2-c2ccc(OC)cc2)cc1. The number of rotatable bonds is 6. The number of aromatic nitrogens is 2. The van der Waals surface area contributed by atoms with Gasteiger partial charge >= 0.3 is 0 Å². The molecule has 152 valence electrons. The van der Waals surface area contributed by atoms with Crippen LogP contribution in [0, 0.1) is 6.92 Å². The van der Waals surface area contributed by atoms with Crippen molar-refractivity contribution in [2.24, 2.45) is 0 Å². The molecule has 3 aromatic carbocycles. The molecule has 0 N–H and O–H groups in total. The minimum Gasteiger partial charge on any atom is -0.497 e. The third-order valence-electron chi connectivity index (χ3n) is 4.85. The lowest BCUT2D eigenvalue weighted by Crippen LogP contribution is -2.21. The van der Waals surface area contributed by atoms with Crippen molar-refractivity contribution >= 4 is 22.7 Å². The molecular formula is C24H22N2O3S. The van der Waals surface area contributed by atoms with E-state index >= 15 is 0 Å². The van der Waals surface area contributed by atoms with Gasteiger partial charge in [0.05, 0.1) is 30.8 Å². The lowest BCUT2D eigenvalue weighted by atomic mass is 10.1. The summed E-state index contributed by atoms with van der Waals surface area (Å²) < 4.78 is 12.2. The van der Waals surface area contributed by atoms with Crippen molar-refractivity contribution in [1.29, 1.82) is 0 Å². The van der Waals surface area contributed by atoms with E-state index in [-0.39, 0.29) is 5.56 Å². The van der Waals surface area contributed by atoms with E-state index in [4.69, 9.17) is 14.5 Å². The lowest BCUT2D eigenvalue weighted by Gasteiger charge is -2.14. The highest BCUT2D eigenvalue weighted by Gasteiger charge is 2.14. The molecule has 0 unspecified atom stereocenters. The van der Waals surface area contributed by atoms with Gasteiger partial charge in [-0.05, 0) is 61.0 Å². The van der Waals surface area contributed by atoms with Crippen molar-refractivity contribution in [1.82, 2.24) is 9.55 Å². The molecule has 1 heterocycles. The Morgan fingerprint density at radius 2 is 1.53 bits per heavy atom. The van der Waals surface area contributed by atoms with Gasteiger partial charge < -0.3 is 9.47 Å². The van der Waals surface area contributed by atoms with Crippen LogP contribution in [0.25, 0.3) is 16.6 Å². The minimum absolute atomic E-state index is 0.0777. The van der Waals surface area contributed by atoms with Crippen LogP contribution in [-0.4, -0.2) is 23.8 Å². The maximum Gasteiger partial charge on any atom is 0.266 e. The second kappa shape index (κ2) is 8.63. The molecule has 0 spiro atoms. The Balaban J connectivity index is 1.79. The first-order valence-electron chi connectivity index (χ1n) is 9.52. The van der Waals surface area contributed by atoms with Crippen molar-refractivity contribution in [3.8, 4) is 17.2 Å². The second-order valence-corrected chi connectivity index (χ2v) is 7.83. The number of hydrogen-bond donors (Lipinski definition) is 0. The highest BCUT2D eigenvalue weighted by molar-refractivity contribution is 7.98. The maximum absolute atomic E-state index is 13.4. The van der Waals surface area contributed by atoms with Crippen LogP contribution < -0.4 is 15.0 Å². The van der Waals surface area contributed by atoms with Crippen LogP contribution in [0.1, 0.15) is 11.1 Å². The average molecular weight is 419 g/mol. The Labute approximate surface area is 179 Å². The molecular weight excluding hydrogens is 396 g/mol. The number of ether oxygens (including phenoxy) is 2. The van der Waals surface area contributed by atoms with Gasteiger partial charge in [-0.3, -0.25) is 9.36 Å². The first-order chi connectivity index (χ1) is 14.6. The fourth-order valence-electron chi connectivity index (χ4n) is 3.20. The zero-order valence-corrected chi connectivity index (χ0v) is 17.9. The number of nitrogens with zero attached hydrogens (tertiary/aromatic N) is 2. The topological polar surface area (TPSA) is 53.3 Å². The van der Waals surface area contributed by atoms with Crippen LogP contribution in [0.15, 0.2) is 76.7 Å². The Kier molecular flexibility index (Phi) is 5.77. The van der Waals surface area contributed by atoms with E-state index in [9.17, 15) is 4.79 Å². The van der Waals surface area contributed by atoms with Gasteiger partial charge in [0.25, 0.3) is 5.56 Å². The van der Waals surface area contributed by atoms with Crippen LogP contribution in [0.2, 0.25) is 0 Å². The molecule has 5 nitrogen and oxygen atoms in total. The summed E-state index contributed by atoms with van der Waals surface area (Å²) in [5.74, 6) is 2.24. The third-order valence-corrected chi connectivity index (χ3v) is 5.86. The first-order valence-corrected chi connectivity index (χ1v) is 10.5. The quantitative estimate of drug-likeness (QED) is 0.326. The molecule has 6 heteroatoms. The van der Waals surface area contributed by atoms with Gasteiger partial charge in [0.15, 0.2) is 5.16 Å². The molecule has 0 aliphatic rings. The van der Waals surface area contributed by atoms with Crippen LogP contribution in [0.5, 0.6) is 11.5 Å². The number of methoxy groups -OCH3 is 2. The Hall–Kier alpha value is -3.25. The smallest absolute Gasteiger partial charge is 0.266 e. The van der Waals surface area contributed by atoms with Gasteiger partial charge in [-0.15, -0.1) is 0 Å². The average Bonchev–Trinajstić information content (AvgIpc) is 2.79. The molecule has 1 aromatic heterocycles. The number of benzene rings is 3. The van der Waals surface area contributed by atoms with E-state index in [2.05, 4.69) is 0 Å². The number of hydrogen-bond acceptors (Lipinski definition) is 5. The van der Waals surface area contributed by atoms with Gasteiger partial charge in [-0.1, -0.05) is 35.5 Å². The Morgan fingerprint density at radius 3 is 2.17 bits per heavy atom. The van der Waals surface area contributed by atoms with Crippen LogP contribution in [0.3, 0.4) is 0 Å². The molecule has 0 saturated carbocycles. The first kappa shape index (κ1) is 20.0. The van der Waals surface area contributed by atoms with E-state index in [1.807, 2.05) is 73.7 Å². The molecule has 4 rings (SSSR count). The summed E-state index contributed by atoms with van der Waals surface area (Å²) in [4.78, 5) is 18.2. The molecule has 0 saturated heterocycles. The monoisotopic (exact) mass is 418 g/mol. The lowest BCUT2D eigenvalue weighted by molar-refractivity contribution is 0.414. The molecule has 0 amide bonds. The van der Waals surface area contributed by atoms with Crippen molar-refractivity contribution in [2.75, 3.05) is 14.2 Å². The summed E-state index contributed by atoms with van der Waals surface area (Å²) in [5, 5.41) is 1.26. The maximum atomic E-state index is 13.4. The van der Waals surface area contributed by atoms with E-state index in [0.29, 0.717) is 21.8 Å². The fourth-order valence-corrected chi connectivity index (χ4v) is 4.17. The van der Waals surface area contributed by atoms with Gasteiger partial charge in [0.2, 0.25) is 0 Å². The standard InChI is InChI=1S/C24H22N2O3S/c1-16-4-13-22-21(14-16)23(27)26(18-7-11-20(29-3)12-8-18)24(25-22)30-15-17-5-9-19(28-2)10-6-17/h4-14H,15H2,1-3H3. The van der Waals surface area contributed by atoms with E-state index < -0.39 is 0 Å². The van der Waals surface area contributed by atoms with E-state index in [1.54, 1.807) is 18.8 Å². The molecule has 0 fully saturated rings. The molecule has 30 heavy (non-hydrogen) atoms. The minimum atomic E-state index is -0.0777. The predicted octanol–water partition coefficient (Wildman–Crippen LogP) is 5.00. The largest absolute Gasteiger partial charge is 0.497 e. The summed E-state index contributed by atoms with van der Waals surface area (Å²) in [5.41, 5.74) is 3.54. The zero-order chi connectivity index (χ0) is 21.1. The summed E-state index contributed by atoms with van der Waals surface area (Å²) in [6, 6.07) is 21.1. The molecule has 0 bridgehead atoms. The zero-order valence-electron chi connectivity index (χ0n) is 17.1.